The van der Waals surface area contributed by atoms with Crippen molar-refractivity contribution in [2.24, 2.45) is 41.4 Å². The van der Waals surface area contributed by atoms with Crippen molar-refractivity contribution in [3.05, 3.63) is 0 Å². The molecule has 114 valence electrons. The molecule has 9 unspecified atom stereocenters. The zero-order valence-corrected chi connectivity index (χ0v) is 12.7. The maximum atomic E-state index is 10.3. The van der Waals surface area contributed by atoms with Crippen LogP contribution in [0.25, 0.3) is 0 Å². The van der Waals surface area contributed by atoms with Crippen LogP contribution in [0, 0.1) is 41.4 Å². The summed E-state index contributed by atoms with van der Waals surface area (Å²) in [6.07, 6.45) is 9.36. The van der Waals surface area contributed by atoms with Gasteiger partial charge in [-0.1, -0.05) is 13.3 Å². The van der Waals surface area contributed by atoms with Gasteiger partial charge in [-0.15, -0.1) is 0 Å². The molecule has 4 rings (SSSR count). The topological polar surface area (TPSA) is 40.5 Å². The predicted octanol–water partition coefficient (Wildman–Crippen LogP) is 3.22. The SMILES string of the molecule is CC1CCC2C1CCC1C3CCC(O)C(O)C3CCC21. The fourth-order valence-corrected chi connectivity index (χ4v) is 6.80. The third kappa shape index (κ3) is 1.90. The van der Waals surface area contributed by atoms with E-state index >= 15 is 0 Å². The van der Waals surface area contributed by atoms with E-state index in [4.69, 9.17) is 0 Å². The molecule has 2 heteroatoms. The summed E-state index contributed by atoms with van der Waals surface area (Å²) < 4.78 is 0. The normalized spacial score (nSPS) is 58.6. The van der Waals surface area contributed by atoms with Crippen LogP contribution < -0.4 is 0 Å². The molecule has 2 nitrogen and oxygen atoms in total. The van der Waals surface area contributed by atoms with Gasteiger partial charge in [0.15, 0.2) is 0 Å². The Hall–Kier alpha value is -0.0800. The van der Waals surface area contributed by atoms with Crippen molar-refractivity contribution in [3.8, 4) is 0 Å². The van der Waals surface area contributed by atoms with Crippen molar-refractivity contribution in [1.29, 1.82) is 0 Å². The quantitative estimate of drug-likeness (QED) is 0.714. The van der Waals surface area contributed by atoms with Gasteiger partial charge in [-0.2, -0.15) is 0 Å². The fraction of sp³-hybridized carbons (Fsp3) is 1.00. The Labute approximate surface area is 123 Å². The van der Waals surface area contributed by atoms with Gasteiger partial charge >= 0.3 is 0 Å². The van der Waals surface area contributed by atoms with E-state index < -0.39 is 12.2 Å². The van der Waals surface area contributed by atoms with Gasteiger partial charge in [-0.25, -0.2) is 0 Å². The number of aliphatic hydroxyl groups is 2. The third-order valence-electron chi connectivity index (χ3n) is 7.73. The second-order valence-electron chi connectivity index (χ2n) is 8.33. The predicted molar refractivity (Wildman–Crippen MR) is 79.1 cm³/mol. The minimum atomic E-state index is -0.448. The average molecular weight is 278 g/mol. The van der Waals surface area contributed by atoms with E-state index in [2.05, 4.69) is 6.92 Å². The maximum absolute atomic E-state index is 10.3. The summed E-state index contributed by atoms with van der Waals surface area (Å²) >= 11 is 0. The Morgan fingerprint density at radius 3 is 1.75 bits per heavy atom. The second-order valence-corrected chi connectivity index (χ2v) is 8.33. The van der Waals surface area contributed by atoms with Crippen molar-refractivity contribution in [3.63, 3.8) is 0 Å². The molecule has 20 heavy (non-hydrogen) atoms. The summed E-state index contributed by atoms with van der Waals surface area (Å²) in [4.78, 5) is 0. The first-order valence-electron chi connectivity index (χ1n) is 9.03. The average Bonchev–Trinajstić information content (AvgIpc) is 2.84. The van der Waals surface area contributed by atoms with Crippen LogP contribution >= 0.6 is 0 Å². The first kappa shape index (κ1) is 13.6. The minimum Gasteiger partial charge on any atom is -0.390 e. The van der Waals surface area contributed by atoms with Gasteiger partial charge in [0.25, 0.3) is 0 Å². The molecule has 9 atom stereocenters. The summed E-state index contributed by atoms with van der Waals surface area (Å²) in [5.74, 6) is 5.88. The molecule has 4 saturated carbocycles. The lowest BCUT2D eigenvalue weighted by Gasteiger charge is -2.54. The largest absolute Gasteiger partial charge is 0.390 e. The van der Waals surface area contributed by atoms with Gasteiger partial charge in [0.1, 0.15) is 0 Å². The van der Waals surface area contributed by atoms with Crippen molar-refractivity contribution >= 4 is 0 Å². The number of hydrogen-bond donors (Lipinski definition) is 2. The standard InChI is InChI=1S/C18H30O2/c1-10-2-3-12-11(10)4-5-14-13(12)6-7-16-15(14)8-9-17(19)18(16)20/h10-20H,2-9H2,1H3. The lowest BCUT2D eigenvalue weighted by molar-refractivity contribution is -0.120. The van der Waals surface area contributed by atoms with E-state index in [1.54, 1.807) is 0 Å². The van der Waals surface area contributed by atoms with Crippen LogP contribution in [0.4, 0.5) is 0 Å². The van der Waals surface area contributed by atoms with Crippen LogP contribution in [-0.4, -0.2) is 22.4 Å². The van der Waals surface area contributed by atoms with Crippen LogP contribution in [0.5, 0.6) is 0 Å². The van der Waals surface area contributed by atoms with Gasteiger partial charge in [0.2, 0.25) is 0 Å². The first-order chi connectivity index (χ1) is 9.66. The van der Waals surface area contributed by atoms with E-state index in [1.165, 1.54) is 38.5 Å². The molecule has 0 aromatic heterocycles. The maximum Gasteiger partial charge on any atom is 0.0829 e. The highest BCUT2D eigenvalue weighted by molar-refractivity contribution is 5.02. The molecule has 0 saturated heterocycles. The van der Waals surface area contributed by atoms with Crippen molar-refractivity contribution in [2.75, 3.05) is 0 Å². The zero-order chi connectivity index (χ0) is 13.9. The van der Waals surface area contributed by atoms with Crippen LogP contribution in [0.2, 0.25) is 0 Å². The highest BCUT2D eigenvalue weighted by Crippen LogP contribution is 2.58. The molecule has 4 aliphatic carbocycles. The lowest BCUT2D eigenvalue weighted by Crippen LogP contribution is -2.51. The molecule has 0 radical (unpaired) electrons. The Morgan fingerprint density at radius 1 is 0.550 bits per heavy atom. The van der Waals surface area contributed by atoms with Crippen LogP contribution in [-0.2, 0) is 0 Å². The number of rotatable bonds is 0. The van der Waals surface area contributed by atoms with E-state index in [0.29, 0.717) is 11.8 Å². The molecule has 0 heterocycles. The van der Waals surface area contributed by atoms with Crippen molar-refractivity contribution in [2.45, 2.75) is 70.5 Å². The van der Waals surface area contributed by atoms with Crippen LogP contribution in [0.3, 0.4) is 0 Å². The molecule has 0 aromatic rings. The van der Waals surface area contributed by atoms with E-state index in [1.807, 2.05) is 0 Å². The minimum absolute atomic E-state index is 0.398. The molecule has 4 fully saturated rings. The monoisotopic (exact) mass is 278 g/mol. The van der Waals surface area contributed by atoms with Crippen molar-refractivity contribution in [1.82, 2.24) is 0 Å². The molecular formula is C18H30O2. The molecule has 0 amide bonds. The second kappa shape index (κ2) is 4.98. The summed E-state index contributed by atoms with van der Waals surface area (Å²) in [6, 6.07) is 0. The first-order valence-corrected chi connectivity index (χ1v) is 9.03. The van der Waals surface area contributed by atoms with Gasteiger partial charge in [0.05, 0.1) is 12.2 Å². The number of aliphatic hydroxyl groups excluding tert-OH is 2. The molecule has 0 bridgehead atoms. The Bertz CT molecular complexity index is 364. The van der Waals surface area contributed by atoms with Crippen molar-refractivity contribution < 1.29 is 10.2 Å². The molecule has 0 aliphatic heterocycles. The Balaban J connectivity index is 1.55. The van der Waals surface area contributed by atoms with Crippen LogP contribution in [0.15, 0.2) is 0 Å². The van der Waals surface area contributed by atoms with E-state index in [9.17, 15) is 10.2 Å². The van der Waals surface area contributed by atoms with E-state index in [0.717, 1.165) is 42.4 Å². The summed E-state index contributed by atoms with van der Waals surface area (Å²) in [6.45, 7) is 2.47. The molecule has 0 spiro atoms. The molecule has 0 aromatic carbocycles. The molecule has 4 aliphatic rings. The van der Waals surface area contributed by atoms with E-state index in [-0.39, 0.29) is 0 Å². The van der Waals surface area contributed by atoms with Gasteiger partial charge < -0.3 is 10.2 Å². The Kier molecular flexibility index (Phi) is 3.38. The highest BCUT2D eigenvalue weighted by atomic mass is 16.3. The zero-order valence-electron chi connectivity index (χ0n) is 12.7. The summed E-state index contributed by atoms with van der Waals surface area (Å²) in [5, 5.41) is 20.3. The fourth-order valence-electron chi connectivity index (χ4n) is 6.80. The van der Waals surface area contributed by atoms with Crippen LogP contribution in [0.1, 0.15) is 58.3 Å². The smallest absolute Gasteiger partial charge is 0.0829 e. The third-order valence-corrected chi connectivity index (χ3v) is 7.73. The highest BCUT2D eigenvalue weighted by Gasteiger charge is 2.52. The summed E-state index contributed by atoms with van der Waals surface area (Å²) in [7, 11) is 0. The summed E-state index contributed by atoms with van der Waals surface area (Å²) in [5.41, 5.74) is 0. The van der Waals surface area contributed by atoms with Gasteiger partial charge in [-0.05, 0) is 86.4 Å². The number of hydrogen-bond acceptors (Lipinski definition) is 2. The lowest BCUT2D eigenvalue weighted by atomic mass is 9.53. The molecular weight excluding hydrogens is 248 g/mol. The van der Waals surface area contributed by atoms with Gasteiger partial charge in [-0.3, -0.25) is 0 Å². The Morgan fingerprint density at radius 2 is 1.00 bits per heavy atom. The number of fused-ring (bicyclic) bond motifs is 5. The molecule has 2 N–H and O–H groups in total. The van der Waals surface area contributed by atoms with Gasteiger partial charge in [0, 0.05) is 0 Å².